The van der Waals surface area contributed by atoms with Crippen LogP contribution in [0.1, 0.15) is 11.8 Å². The van der Waals surface area contributed by atoms with Crippen molar-refractivity contribution in [2.75, 3.05) is 18.6 Å². The number of rotatable bonds is 7. The monoisotopic (exact) mass is 295 g/mol. The molecule has 98 valence electrons. The summed E-state index contributed by atoms with van der Waals surface area (Å²) >= 11 is 2.80. The van der Waals surface area contributed by atoms with Gasteiger partial charge in [-0.05, 0) is 30.1 Å². The van der Waals surface area contributed by atoms with Crippen LogP contribution in [-0.4, -0.2) is 32.1 Å². The first kappa shape index (κ1) is 15.0. The summed E-state index contributed by atoms with van der Waals surface area (Å²) in [5, 5.41) is 8.90. The molecule has 0 aliphatic heterocycles. The molecule has 0 fully saturated rings. The van der Waals surface area contributed by atoms with Gasteiger partial charge in [-0.2, -0.15) is 11.8 Å². The maximum Gasteiger partial charge on any atom is 0.250 e. The average molecular weight is 295 g/mol. The molecule has 0 spiro atoms. The van der Waals surface area contributed by atoms with Gasteiger partial charge >= 0.3 is 0 Å². The molecule has 0 bridgehead atoms. The highest BCUT2D eigenvalue weighted by atomic mass is 32.2. The summed E-state index contributed by atoms with van der Waals surface area (Å²) in [7, 11) is -3.41. The molecule has 2 N–H and O–H groups in total. The Bertz CT molecular complexity index is 441. The number of aliphatic hydroxyl groups excluding tert-OH is 1. The van der Waals surface area contributed by atoms with Gasteiger partial charge in [0, 0.05) is 11.4 Å². The predicted octanol–water partition coefficient (Wildman–Crippen LogP) is 1.52. The van der Waals surface area contributed by atoms with Gasteiger partial charge in [0.05, 0.1) is 6.61 Å². The van der Waals surface area contributed by atoms with E-state index in [1.54, 1.807) is 17.8 Å². The zero-order valence-electron chi connectivity index (χ0n) is 9.84. The standard InChI is InChI=1S/C10H17NO3S3/c1-8(7-15-2)5-11-17(13,14)10-4-3-9(6-12)16-10/h3-4,8,11-12H,5-7H2,1-2H3. The Balaban J connectivity index is 2.62. The zero-order chi connectivity index (χ0) is 12.9. The molecule has 1 rings (SSSR count). The average Bonchev–Trinajstić information content (AvgIpc) is 2.76. The zero-order valence-corrected chi connectivity index (χ0v) is 12.3. The van der Waals surface area contributed by atoms with E-state index in [-0.39, 0.29) is 10.8 Å². The molecule has 1 unspecified atom stereocenters. The third kappa shape index (κ3) is 4.59. The topological polar surface area (TPSA) is 66.4 Å². The normalized spacial score (nSPS) is 13.8. The Morgan fingerprint density at radius 1 is 1.53 bits per heavy atom. The van der Waals surface area contributed by atoms with Crippen LogP contribution in [0.4, 0.5) is 0 Å². The number of aliphatic hydroxyl groups is 1. The quantitative estimate of drug-likeness (QED) is 0.800. The summed E-state index contributed by atoms with van der Waals surface area (Å²) in [5.41, 5.74) is 0. The van der Waals surface area contributed by atoms with E-state index in [9.17, 15) is 8.42 Å². The molecule has 17 heavy (non-hydrogen) atoms. The number of hydrogen-bond donors (Lipinski definition) is 2. The van der Waals surface area contributed by atoms with Gasteiger partial charge < -0.3 is 5.11 Å². The van der Waals surface area contributed by atoms with Crippen molar-refractivity contribution in [2.24, 2.45) is 5.92 Å². The molecule has 0 aliphatic rings. The fourth-order valence-corrected chi connectivity index (χ4v) is 4.37. The summed E-state index contributed by atoms with van der Waals surface area (Å²) in [6.45, 7) is 2.32. The van der Waals surface area contributed by atoms with Crippen molar-refractivity contribution in [3.63, 3.8) is 0 Å². The predicted molar refractivity (Wildman–Crippen MR) is 73.0 cm³/mol. The third-order valence-corrected chi connectivity index (χ3v) is 6.02. The lowest BCUT2D eigenvalue weighted by Crippen LogP contribution is -2.28. The van der Waals surface area contributed by atoms with Gasteiger partial charge in [-0.3, -0.25) is 0 Å². The maximum absolute atomic E-state index is 11.9. The van der Waals surface area contributed by atoms with Gasteiger partial charge in [0.15, 0.2) is 0 Å². The Labute approximate surface area is 110 Å². The van der Waals surface area contributed by atoms with Crippen LogP contribution in [0.3, 0.4) is 0 Å². The van der Waals surface area contributed by atoms with E-state index >= 15 is 0 Å². The number of thioether (sulfide) groups is 1. The van der Waals surface area contributed by atoms with Crippen LogP contribution in [0.25, 0.3) is 0 Å². The second-order valence-corrected chi connectivity index (χ2v) is 7.86. The van der Waals surface area contributed by atoms with Crippen molar-refractivity contribution >= 4 is 33.1 Å². The first-order valence-corrected chi connectivity index (χ1v) is 8.87. The number of sulfonamides is 1. The molecule has 0 aliphatic carbocycles. The van der Waals surface area contributed by atoms with Crippen molar-refractivity contribution < 1.29 is 13.5 Å². The first-order chi connectivity index (χ1) is 7.99. The smallest absolute Gasteiger partial charge is 0.250 e. The molecule has 1 aromatic rings. The molecule has 0 aromatic carbocycles. The molecule has 0 radical (unpaired) electrons. The first-order valence-electron chi connectivity index (χ1n) is 5.17. The molecule has 7 heteroatoms. The largest absolute Gasteiger partial charge is 0.391 e. The Morgan fingerprint density at radius 2 is 2.24 bits per heavy atom. The minimum atomic E-state index is -3.41. The number of thiophene rings is 1. The molecule has 1 heterocycles. The highest BCUT2D eigenvalue weighted by Gasteiger charge is 2.17. The number of hydrogen-bond acceptors (Lipinski definition) is 5. The van der Waals surface area contributed by atoms with E-state index < -0.39 is 10.0 Å². The lowest BCUT2D eigenvalue weighted by atomic mass is 10.2. The van der Waals surface area contributed by atoms with Crippen LogP contribution in [0.5, 0.6) is 0 Å². The molecule has 4 nitrogen and oxygen atoms in total. The van der Waals surface area contributed by atoms with Crippen LogP contribution >= 0.6 is 23.1 Å². The molecule has 0 saturated heterocycles. The fourth-order valence-electron chi connectivity index (χ4n) is 1.25. The lowest BCUT2D eigenvalue weighted by Gasteiger charge is -2.10. The summed E-state index contributed by atoms with van der Waals surface area (Å²) < 4.78 is 26.6. The summed E-state index contributed by atoms with van der Waals surface area (Å²) in [6.07, 6.45) is 2.00. The van der Waals surface area contributed by atoms with Gasteiger partial charge in [0.2, 0.25) is 10.0 Å². The third-order valence-electron chi connectivity index (χ3n) is 2.13. The van der Waals surface area contributed by atoms with E-state index in [0.29, 0.717) is 17.3 Å². The van der Waals surface area contributed by atoms with Gasteiger partial charge in [-0.25, -0.2) is 13.1 Å². The Hall–Kier alpha value is -0.0800. The molecule has 1 aromatic heterocycles. The van der Waals surface area contributed by atoms with E-state index in [2.05, 4.69) is 4.72 Å². The maximum atomic E-state index is 11.9. The van der Waals surface area contributed by atoms with E-state index in [4.69, 9.17) is 5.11 Å². The summed E-state index contributed by atoms with van der Waals surface area (Å²) in [6, 6.07) is 3.16. The molecule has 0 saturated carbocycles. The van der Waals surface area contributed by atoms with Gasteiger partial charge in [0.1, 0.15) is 4.21 Å². The second kappa shape index (κ2) is 6.75. The van der Waals surface area contributed by atoms with Gasteiger partial charge in [0.25, 0.3) is 0 Å². The van der Waals surface area contributed by atoms with Crippen molar-refractivity contribution in [1.29, 1.82) is 0 Å². The van der Waals surface area contributed by atoms with Crippen LogP contribution < -0.4 is 4.72 Å². The van der Waals surface area contributed by atoms with Crippen LogP contribution in [0.15, 0.2) is 16.3 Å². The van der Waals surface area contributed by atoms with Crippen LogP contribution in [0.2, 0.25) is 0 Å². The highest BCUT2D eigenvalue weighted by Crippen LogP contribution is 2.21. The van der Waals surface area contributed by atoms with Crippen molar-refractivity contribution in [2.45, 2.75) is 17.7 Å². The summed E-state index contributed by atoms with van der Waals surface area (Å²) in [5.74, 6) is 1.23. The summed E-state index contributed by atoms with van der Waals surface area (Å²) in [4.78, 5) is 0.655. The molecular weight excluding hydrogens is 278 g/mol. The van der Waals surface area contributed by atoms with E-state index in [0.717, 1.165) is 17.1 Å². The SMILES string of the molecule is CSCC(C)CNS(=O)(=O)c1ccc(CO)s1. The van der Waals surface area contributed by atoms with Gasteiger partial charge in [-0.15, -0.1) is 11.3 Å². The molecular formula is C10H17NO3S3. The lowest BCUT2D eigenvalue weighted by molar-refractivity contribution is 0.285. The molecule has 0 amide bonds. The Morgan fingerprint density at radius 3 is 2.76 bits per heavy atom. The minimum absolute atomic E-state index is 0.122. The van der Waals surface area contributed by atoms with Crippen molar-refractivity contribution in [3.8, 4) is 0 Å². The Kier molecular flexibility index (Phi) is 5.94. The minimum Gasteiger partial charge on any atom is -0.391 e. The van der Waals surface area contributed by atoms with Crippen molar-refractivity contribution in [3.05, 3.63) is 17.0 Å². The van der Waals surface area contributed by atoms with E-state index in [1.165, 1.54) is 6.07 Å². The number of nitrogens with one attached hydrogen (secondary N) is 1. The fraction of sp³-hybridized carbons (Fsp3) is 0.600. The second-order valence-electron chi connectivity index (χ2n) is 3.79. The van der Waals surface area contributed by atoms with Crippen LogP contribution in [0, 0.1) is 5.92 Å². The highest BCUT2D eigenvalue weighted by molar-refractivity contribution is 7.98. The van der Waals surface area contributed by atoms with Crippen molar-refractivity contribution in [1.82, 2.24) is 4.72 Å². The van der Waals surface area contributed by atoms with E-state index in [1.807, 2.05) is 13.2 Å². The van der Waals surface area contributed by atoms with Gasteiger partial charge in [-0.1, -0.05) is 6.92 Å². The van der Waals surface area contributed by atoms with Crippen LogP contribution in [-0.2, 0) is 16.6 Å². The molecule has 1 atom stereocenters.